The van der Waals surface area contributed by atoms with E-state index in [2.05, 4.69) is 24.1 Å². The largest absolute Gasteiger partial charge is 0.394 e. The van der Waals surface area contributed by atoms with Gasteiger partial charge in [-0.25, -0.2) is 0 Å². The molecule has 0 amide bonds. The van der Waals surface area contributed by atoms with Crippen molar-refractivity contribution in [2.45, 2.75) is 63.6 Å². The quantitative estimate of drug-likeness (QED) is 0.669. The Labute approximate surface area is 118 Å². The fourth-order valence-corrected chi connectivity index (χ4v) is 3.45. The van der Waals surface area contributed by atoms with Crippen LogP contribution in [0.25, 0.3) is 0 Å². The van der Waals surface area contributed by atoms with Gasteiger partial charge in [-0.1, -0.05) is 13.8 Å². The van der Waals surface area contributed by atoms with Gasteiger partial charge in [0.05, 0.1) is 13.2 Å². The number of hydrogen-bond acceptors (Lipinski definition) is 4. The molecule has 0 saturated heterocycles. The first-order valence-corrected chi connectivity index (χ1v) is 7.70. The normalized spacial score (nSPS) is 27.6. The fraction of sp³-hybridized carbons (Fsp3) is 1.00. The molecule has 0 aromatic carbocycles. The van der Waals surface area contributed by atoms with E-state index in [1.54, 1.807) is 7.11 Å². The molecule has 1 rings (SSSR count). The highest BCUT2D eigenvalue weighted by molar-refractivity contribution is 4.99. The van der Waals surface area contributed by atoms with Crippen molar-refractivity contribution in [1.29, 1.82) is 0 Å². The molecule has 1 aliphatic rings. The van der Waals surface area contributed by atoms with Crippen molar-refractivity contribution < 1.29 is 9.84 Å². The molecule has 0 aliphatic heterocycles. The smallest absolute Gasteiger partial charge is 0.0613 e. The molecule has 4 nitrogen and oxygen atoms in total. The van der Waals surface area contributed by atoms with Crippen molar-refractivity contribution in [3.63, 3.8) is 0 Å². The molecule has 0 heterocycles. The Bertz CT molecular complexity index is 240. The Morgan fingerprint density at radius 2 is 2.11 bits per heavy atom. The van der Waals surface area contributed by atoms with Gasteiger partial charge in [-0.15, -0.1) is 0 Å². The van der Waals surface area contributed by atoms with Crippen LogP contribution in [0.3, 0.4) is 0 Å². The molecule has 2 N–H and O–H groups in total. The van der Waals surface area contributed by atoms with Gasteiger partial charge in [-0.2, -0.15) is 0 Å². The molecular weight excluding hydrogens is 240 g/mol. The third-order valence-electron chi connectivity index (χ3n) is 4.85. The topological polar surface area (TPSA) is 44.7 Å². The second-order valence-corrected chi connectivity index (χ2v) is 5.79. The van der Waals surface area contributed by atoms with Crippen LogP contribution in [0.15, 0.2) is 0 Å². The van der Waals surface area contributed by atoms with Gasteiger partial charge in [0.15, 0.2) is 0 Å². The lowest BCUT2D eigenvalue weighted by atomic mass is 9.98. The summed E-state index contributed by atoms with van der Waals surface area (Å²) in [6.07, 6.45) is 5.64. The van der Waals surface area contributed by atoms with Crippen LogP contribution in [0.4, 0.5) is 0 Å². The van der Waals surface area contributed by atoms with Crippen molar-refractivity contribution in [2.24, 2.45) is 0 Å². The van der Waals surface area contributed by atoms with Crippen LogP contribution in [-0.2, 0) is 4.74 Å². The first kappa shape index (κ1) is 16.9. The monoisotopic (exact) mass is 272 g/mol. The standard InChI is InChI=1S/C15H32N2O2/c1-5-13(6-2)17(9-10-19-4)14-7-8-15(11-14,12-18)16-3/h13-14,16,18H,5-12H2,1-4H3. The van der Waals surface area contributed by atoms with E-state index in [9.17, 15) is 5.11 Å². The van der Waals surface area contributed by atoms with Crippen LogP contribution in [0.5, 0.6) is 0 Å². The zero-order valence-corrected chi connectivity index (χ0v) is 13.1. The van der Waals surface area contributed by atoms with Crippen LogP contribution in [-0.4, -0.2) is 61.5 Å². The van der Waals surface area contributed by atoms with Crippen LogP contribution in [0, 0.1) is 0 Å². The zero-order chi connectivity index (χ0) is 14.3. The van der Waals surface area contributed by atoms with Gasteiger partial charge in [0, 0.05) is 31.3 Å². The Morgan fingerprint density at radius 1 is 1.42 bits per heavy atom. The third kappa shape index (κ3) is 4.15. The number of likely N-dealkylation sites (N-methyl/N-ethyl adjacent to an activating group) is 1. The summed E-state index contributed by atoms with van der Waals surface area (Å²) in [5.41, 5.74) is -0.0674. The summed E-state index contributed by atoms with van der Waals surface area (Å²) < 4.78 is 5.27. The van der Waals surface area contributed by atoms with Gasteiger partial charge in [0.25, 0.3) is 0 Å². The number of nitrogens with zero attached hydrogens (tertiary/aromatic N) is 1. The van der Waals surface area contributed by atoms with E-state index >= 15 is 0 Å². The average Bonchev–Trinajstić information content (AvgIpc) is 2.88. The lowest BCUT2D eigenvalue weighted by molar-refractivity contribution is 0.0739. The number of aliphatic hydroxyl groups is 1. The number of aliphatic hydroxyl groups excluding tert-OH is 1. The number of methoxy groups -OCH3 is 1. The molecule has 0 bridgehead atoms. The average molecular weight is 272 g/mol. The van der Waals surface area contributed by atoms with E-state index in [4.69, 9.17) is 4.74 Å². The number of nitrogens with one attached hydrogen (secondary N) is 1. The SMILES string of the molecule is CCC(CC)N(CCOC)C1CCC(CO)(NC)C1. The van der Waals surface area contributed by atoms with E-state index in [1.807, 2.05) is 7.05 Å². The molecule has 114 valence electrons. The van der Waals surface area contributed by atoms with Gasteiger partial charge in [0.2, 0.25) is 0 Å². The van der Waals surface area contributed by atoms with Gasteiger partial charge in [0.1, 0.15) is 0 Å². The minimum absolute atomic E-state index is 0.0674. The van der Waals surface area contributed by atoms with E-state index < -0.39 is 0 Å². The maximum Gasteiger partial charge on any atom is 0.0613 e. The van der Waals surface area contributed by atoms with E-state index in [0.29, 0.717) is 12.1 Å². The highest BCUT2D eigenvalue weighted by Gasteiger charge is 2.40. The maximum absolute atomic E-state index is 9.64. The number of hydrogen-bond donors (Lipinski definition) is 2. The van der Waals surface area contributed by atoms with Crippen molar-refractivity contribution in [2.75, 3.05) is 33.9 Å². The predicted octanol–water partition coefficient (Wildman–Crippen LogP) is 1.63. The number of rotatable bonds is 9. The Balaban J connectivity index is 2.70. The molecule has 1 saturated carbocycles. The summed E-state index contributed by atoms with van der Waals surface area (Å²) in [5, 5.41) is 13.0. The van der Waals surface area contributed by atoms with Crippen molar-refractivity contribution in [3.05, 3.63) is 0 Å². The molecule has 0 spiro atoms. The second kappa shape index (κ2) is 8.20. The van der Waals surface area contributed by atoms with Crippen LogP contribution >= 0.6 is 0 Å². The van der Waals surface area contributed by atoms with Crippen LogP contribution in [0.2, 0.25) is 0 Å². The first-order chi connectivity index (χ1) is 9.16. The van der Waals surface area contributed by atoms with Crippen molar-refractivity contribution in [1.82, 2.24) is 10.2 Å². The van der Waals surface area contributed by atoms with E-state index in [0.717, 1.165) is 26.0 Å². The first-order valence-electron chi connectivity index (χ1n) is 7.70. The second-order valence-electron chi connectivity index (χ2n) is 5.79. The summed E-state index contributed by atoms with van der Waals surface area (Å²) >= 11 is 0. The van der Waals surface area contributed by atoms with Gasteiger partial charge in [-0.3, -0.25) is 4.90 Å². The minimum atomic E-state index is -0.0674. The van der Waals surface area contributed by atoms with Gasteiger partial charge >= 0.3 is 0 Å². The third-order valence-corrected chi connectivity index (χ3v) is 4.85. The summed E-state index contributed by atoms with van der Waals surface area (Å²) in [5.74, 6) is 0. The highest BCUT2D eigenvalue weighted by atomic mass is 16.5. The van der Waals surface area contributed by atoms with Crippen LogP contribution in [0.1, 0.15) is 46.0 Å². The predicted molar refractivity (Wildman–Crippen MR) is 79.5 cm³/mol. The molecule has 1 fully saturated rings. The van der Waals surface area contributed by atoms with Crippen molar-refractivity contribution in [3.8, 4) is 0 Å². The zero-order valence-electron chi connectivity index (χ0n) is 13.1. The molecule has 1 aliphatic carbocycles. The highest BCUT2D eigenvalue weighted by Crippen LogP contribution is 2.34. The lowest BCUT2D eigenvalue weighted by Gasteiger charge is -2.37. The lowest BCUT2D eigenvalue weighted by Crippen LogP contribution is -2.48. The Morgan fingerprint density at radius 3 is 2.53 bits per heavy atom. The summed E-state index contributed by atoms with van der Waals surface area (Å²) in [6, 6.07) is 1.20. The molecule has 0 aromatic heterocycles. The van der Waals surface area contributed by atoms with Crippen molar-refractivity contribution >= 4 is 0 Å². The van der Waals surface area contributed by atoms with Gasteiger partial charge < -0.3 is 15.2 Å². The molecular formula is C15H32N2O2. The molecule has 0 radical (unpaired) electrons. The molecule has 19 heavy (non-hydrogen) atoms. The Kier molecular flexibility index (Phi) is 7.29. The molecule has 0 aromatic rings. The summed E-state index contributed by atoms with van der Waals surface area (Å²) in [6.45, 7) is 6.55. The van der Waals surface area contributed by atoms with E-state index in [-0.39, 0.29) is 12.1 Å². The van der Waals surface area contributed by atoms with Gasteiger partial charge in [-0.05, 0) is 39.2 Å². The fourth-order valence-electron chi connectivity index (χ4n) is 3.45. The Hall–Kier alpha value is -0.160. The summed E-state index contributed by atoms with van der Waals surface area (Å²) in [7, 11) is 3.74. The van der Waals surface area contributed by atoms with Crippen LogP contribution < -0.4 is 5.32 Å². The number of ether oxygens (including phenoxy) is 1. The summed E-state index contributed by atoms with van der Waals surface area (Å²) in [4.78, 5) is 2.61. The minimum Gasteiger partial charge on any atom is -0.394 e. The maximum atomic E-state index is 9.64. The van der Waals surface area contributed by atoms with E-state index in [1.165, 1.54) is 19.3 Å². The molecule has 2 unspecified atom stereocenters. The molecule has 2 atom stereocenters. The molecule has 4 heteroatoms.